The third-order valence-corrected chi connectivity index (χ3v) is 19.2. The van der Waals surface area contributed by atoms with Gasteiger partial charge in [0.25, 0.3) is 13.4 Å². The van der Waals surface area contributed by atoms with Crippen molar-refractivity contribution in [2.45, 2.75) is 0 Å². The van der Waals surface area contributed by atoms with Crippen molar-refractivity contribution in [2.75, 3.05) is 14.7 Å². The highest BCUT2D eigenvalue weighted by Gasteiger charge is 2.49. The molecule has 0 aliphatic carbocycles. The van der Waals surface area contributed by atoms with E-state index >= 15 is 0 Å². The Morgan fingerprint density at radius 2 is 0.807 bits per heavy atom. The Morgan fingerprint density at radius 1 is 0.337 bits per heavy atom. The molecule has 0 saturated carbocycles. The molecule has 4 aliphatic heterocycles. The second-order valence-corrected chi connectivity index (χ2v) is 23.3. The van der Waals surface area contributed by atoms with Gasteiger partial charge < -0.3 is 28.6 Å². The van der Waals surface area contributed by atoms with Gasteiger partial charge in [0.15, 0.2) is 0 Å². The van der Waals surface area contributed by atoms with Crippen molar-refractivity contribution in [3.05, 3.63) is 267 Å². The summed E-state index contributed by atoms with van der Waals surface area (Å²) in [5.74, 6) is 1.70. The first-order valence-corrected chi connectivity index (χ1v) is 29.2. The molecule has 0 saturated heterocycles. The van der Waals surface area contributed by atoms with Crippen molar-refractivity contribution in [3.8, 4) is 22.9 Å². The van der Waals surface area contributed by atoms with Gasteiger partial charge in [-0.3, -0.25) is 4.98 Å². The van der Waals surface area contributed by atoms with E-state index in [-0.39, 0.29) is 13.4 Å². The molecule has 0 fully saturated rings. The van der Waals surface area contributed by atoms with Crippen LogP contribution in [0.1, 0.15) is 0 Å². The van der Waals surface area contributed by atoms with Gasteiger partial charge in [0.05, 0.1) is 51.0 Å². The average molecular weight is 1070 g/mol. The van der Waals surface area contributed by atoms with E-state index < -0.39 is 0 Å². The summed E-state index contributed by atoms with van der Waals surface area (Å²) < 4.78 is 15.2. The molecule has 7 nitrogen and oxygen atoms in total. The van der Waals surface area contributed by atoms with E-state index in [0.29, 0.717) is 0 Å². The Balaban J connectivity index is 0.922. The van der Waals surface area contributed by atoms with E-state index in [0.717, 1.165) is 95.9 Å². The maximum absolute atomic E-state index is 7.74. The molecular weight excluding hydrogens is 1030 g/mol. The van der Waals surface area contributed by atoms with Gasteiger partial charge in [0.1, 0.15) is 11.5 Å². The minimum Gasteiger partial charge on any atom is -0.458 e. The Morgan fingerprint density at radius 3 is 1.37 bits per heavy atom. The van der Waals surface area contributed by atoms with Crippen molar-refractivity contribution in [1.82, 2.24) is 14.1 Å². The van der Waals surface area contributed by atoms with Gasteiger partial charge in [-0.05, 0) is 118 Å². The first-order chi connectivity index (χ1) is 41.2. The third kappa shape index (κ3) is 6.22. The van der Waals surface area contributed by atoms with E-state index in [9.17, 15) is 0 Å². The maximum atomic E-state index is 7.74. The van der Waals surface area contributed by atoms with Crippen molar-refractivity contribution < 1.29 is 4.74 Å². The van der Waals surface area contributed by atoms with Crippen molar-refractivity contribution >= 4 is 162 Å². The zero-order chi connectivity index (χ0) is 54.0. The molecule has 10 heteroatoms. The fourth-order valence-electron chi connectivity index (χ4n) is 14.7. The quantitative estimate of drug-likeness (QED) is 0.161. The van der Waals surface area contributed by atoms with Crippen LogP contribution in [-0.2, 0) is 0 Å². The fraction of sp³-hybridized carbons (Fsp3) is 0. The molecule has 0 spiro atoms. The number of nitrogens with zero attached hydrogens (tertiary/aromatic N) is 6. The number of rotatable bonds is 5. The minimum absolute atomic E-state index is 0.154. The number of hydrogen-bond donors (Lipinski definition) is 0. The standard InChI is InChI=1S/C73H44B2N6OS/c1-4-20-45(21-5-1)77-62-43-67-57(42-56(62)74-55-36-37-76-44-66(55)78(46-22-6-2-7-23-46)64-39-48(38-63(77)70(64)74)79-58-31-15-10-26-50(58)51-27-11-16-32-59(51)79)75-71-65(81(47-24-8-3-9-25-47)72-54-30-14-19-35-69(54)83-73(72)75)40-49(41-68(71)82-67)80-60-33-17-12-28-52(60)53-29-13-18-34-61(53)80/h1-44H. The molecule has 0 radical (unpaired) electrons. The van der Waals surface area contributed by atoms with Crippen LogP contribution < -0.4 is 51.5 Å². The van der Waals surface area contributed by atoms with Crippen LogP contribution in [0.15, 0.2) is 267 Å². The molecule has 4 aromatic heterocycles. The van der Waals surface area contributed by atoms with E-state index in [1.807, 2.05) is 17.5 Å². The zero-order valence-corrected chi connectivity index (χ0v) is 45.4. The second kappa shape index (κ2) is 17.0. The largest absolute Gasteiger partial charge is 0.458 e. The smallest absolute Gasteiger partial charge is 0.268 e. The Labute approximate surface area is 482 Å². The first kappa shape index (κ1) is 45.2. The highest BCUT2D eigenvalue weighted by atomic mass is 32.1. The monoisotopic (exact) mass is 1070 g/mol. The molecule has 4 aliphatic rings. The molecule has 0 bridgehead atoms. The molecule has 0 atom stereocenters. The summed E-state index contributed by atoms with van der Waals surface area (Å²) in [6, 6.07) is 93.7. The Bertz CT molecular complexity index is 5140. The average Bonchev–Trinajstić information content (AvgIpc) is 2.79. The number of benzene rings is 11. The first-order valence-electron chi connectivity index (χ1n) is 28.4. The Hall–Kier alpha value is -10.5. The molecule has 83 heavy (non-hydrogen) atoms. The lowest BCUT2D eigenvalue weighted by Gasteiger charge is -2.45. The molecule has 0 N–H and O–H groups in total. The fourth-order valence-corrected chi connectivity index (χ4v) is 16.0. The van der Waals surface area contributed by atoms with Crippen molar-refractivity contribution in [2.24, 2.45) is 0 Å². The summed E-state index contributed by atoms with van der Waals surface area (Å²) >= 11 is 1.91. The summed E-state index contributed by atoms with van der Waals surface area (Å²) in [6.07, 6.45) is 4.05. The van der Waals surface area contributed by atoms with Gasteiger partial charge in [-0.15, -0.1) is 11.3 Å². The lowest BCUT2D eigenvalue weighted by atomic mass is 9.31. The molecular formula is C73H44B2N6OS. The Kier molecular flexibility index (Phi) is 9.26. The van der Waals surface area contributed by atoms with Crippen molar-refractivity contribution in [3.63, 3.8) is 0 Å². The van der Waals surface area contributed by atoms with E-state index in [1.54, 1.807) is 0 Å². The number of thiophene rings is 1. The van der Waals surface area contributed by atoms with Gasteiger partial charge in [0.2, 0.25) is 0 Å². The number of fused-ring (bicyclic) bond motifs is 16. The van der Waals surface area contributed by atoms with Gasteiger partial charge in [-0.1, -0.05) is 152 Å². The molecule has 0 amide bonds. The molecule has 384 valence electrons. The number of para-hydroxylation sites is 7. The van der Waals surface area contributed by atoms with Crippen LogP contribution in [0.4, 0.5) is 51.2 Å². The lowest BCUT2D eigenvalue weighted by molar-refractivity contribution is 0.487. The summed E-state index contributed by atoms with van der Waals surface area (Å²) in [5, 5.41) is 6.11. The topological polar surface area (TPSA) is 41.7 Å². The van der Waals surface area contributed by atoms with Crippen molar-refractivity contribution in [1.29, 1.82) is 0 Å². The normalized spacial score (nSPS) is 13.5. The zero-order valence-electron chi connectivity index (χ0n) is 44.6. The highest BCUT2D eigenvalue weighted by molar-refractivity contribution is 7.33. The molecule has 15 aromatic rings. The van der Waals surface area contributed by atoms with E-state index in [2.05, 4.69) is 285 Å². The van der Waals surface area contributed by atoms with Gasteiger partial charge in [-0.25, -0.2) is 0 Å². The van der Waals surface area contributed by atoms with E-state index in [4.69, 9.17) is 9.72 Å². The number of hydrogen-bond acceptors (Lipinski definition) is 6. The van der Waals surface area contributed by atoms with Crippen LogP contribution in [-0.4, -0.2) is 27.5 Å². The summed E-state index contributed by atoms with van der Waals surface area (Å²) in [7, 11) is 0. The van der Waals surface area contributed by atoms with Crippen LogP contribution >= 0.6 is 11.3 Å². The third-order valence-electron chi connectivity index (χ3n) is 18.0. The minimum atomic E-state index is -0.171. The molecule has 0 unspecified atom stereocenters. The van der Waals surface area contributed by atoms with Gasteiger partial charge >= 0.3 is 0 Å². The lowest BCUT2D eigenvalue weighted by Crippen LogP contribution is -2.64. The van der Waals surface area contributed by atoms with Crippen LogP contribution in [0.5, 0.6) is 11.5 Å². The summed E-state index contributed by atoms with van der Waals surface area (Å²) in [5.41, 5.74) is 22.6. The maximum Gasteiger partial charge on any atom is 0.268 e. The van der Waals surface area contributed by atoms with Crippen LogP contribution in [0.3, 0.4) is 0 Å². The molecule has 11 aromatic carbocycles. The predicted octanol–water partition coefficient (Wildman–Crippen LogP) is 15.0. The number of ether oxygens (including phenoxy) is 1. The van der Waals surface area contributed by atoms with Crippen LogP contribution in [0.25, 0.3) is 65.1 Å². The van der Waals surface area contributed by atoms with Crippen LogP contribution in [0.2, 0.25) is 0 Å². The van der Waals surface area contributed by atoms with Crippen LogP contribution in [0, 0.1) is 0 Å². The summed E-state index contributed by atoms with van der Waals surface area (Å²) in [4.78, 5) is 12.4. The number of pyridine rings is 1. The van der Waals surface area contributed by atoms with Gasteiger partial charge in [-0.2, -0.15) is 0 Å². The van der Waals surface area contributed by atoms with E-state index in [1.165, 1.54) is 63.9 Å². The molecule has 8 heterocycles. The second-order valence-electron chi connectivity index (χ2n) is 22.2. The number of aromatic nitrogens is 3. The highest BCUT2D eigenvalue weighted by Crippen LogP contribution is 2.51. The molecule has 19 rings (SSSR count). The van der Waals surface area contributed by atoms with Gasteiger partial charge in [0, 0.05) is 94.5 Å². The SMILES string of the molecule is c1ccc(N2c3cnccc3B3c4cc5c(cc4N(c4ccccc4)c4cc(-n6c7ccccc7c7ccccc76)cc2c43)Oc2cc(-n3c4ccccc4c4ccccc43)cc3c2B5c2sc4ccccc4c2N3c2ccccc2)cc1. The summed E-state index contributed by atoms with van der Waals surface area (Å²) in [6.45, 7) is -0.325. The number of anilines is 9. The predicted molar refractivity (Wildman–Crippen MR) is 348 cm³/mol.